The number of furan rings is 1. The second-order valence-electron chi connectivity index (χ2n) is 6.14. The smallest absolute Gasteiger partial charge is 0.271 e. The molecule has 0 atom stereocenters. The number of aromatic amines is 1. The fourth-order valence-electron chi connectivity index (χ4n) is 2.95. The summed E-state index contributed by atoms with van der Waals surface area (Å²) in [7, 11) is 0. The number of halogens is 1. The van der Waals surface area contributed by atoms with Crippen molar-refractivity contribution in [1.82, 2.24) is 9.88 Å². The van der Waals surface area contributed by atoms with Gasteiger partial charge < -0.3 is 14.3 Å². The number of fused-ring (bicyclic) bond motifs is 1. The van der Waals surface area contributed by atoms with Crippen molar-refractivity contribution in [2.75, 3.05) is 0 Å². The zero-order valence-electron chi connectivity index (χ0n) is 14.2. The van der Waals surface area contributed by atoms with Gasteiger partial charge in [0.05, 0.1) is 19.4 Å². The van der Waals surface area contributed by atoms with Crippen LogP contribution in [0.1, 0.15) is 26.0 Å². The maximum Gasteiger partial charge on any atom is 0.271 e. The van der Waals surface area contributed by atoms with Crippen LogP contribution in [-0.2, 0) is 13.1 Å². The summed E-state index contributed by atoms with van der Waals surface area (Å²) in [5.41, 5.74) is 0.975. The van der Waals surface area contributed by atoms with Crippen molar-refractivity contribution in [3.63, 3.8) is 0 Å². The standard InChI is InChI=1S/C20H17FN2O2S/c1-13-7-8-15(26-13)12-23(11-14-4-3-9-25-14)20(24)19-10-16-17(21)5-2-6-18(16)22-19/h2-10,22H,11-12H2,1H3. The van der Waals surface area contributed by atoms with Gasteiger partial charge in [-0.1, -0.05) is 6.07 Å². The second-order valence-corrected chi connectivity index (χ2v) is 7.51. The Kier molecular flexibility index (Phi) is 4.34. The minimum absolute atomic E-state index is 0.192. The number of hydrogen-bond donors (Lipinski definition) is 1. The lowest BCUT2D eigenvalue weighted by Crippen LogP contribution is -2.29. The Bertz CT molecular complexity index is 1050. The molecule has 4 rings (SSSR count). The molecule has 0 saturated carbocycles. The number of rotatable bonds is 5. The van der Waals surface area contributed by atoms with E-state index in [4.69, 9.17) is 4.42 Å². The number of carbonyl (C=O) groups excluding carboxylic acids is 1. The van der Waals surface area contributed by atoms with Gasteiger partial charge in [0.25, 0.3) is 5.91 Å². The van der Waals surface area contributed by atoms with E-state index in [0.29, 0.717) is 35.4 Å². The number of carbonyl (C=O) groups is 1. The molecule has 3 heterocycles. The Labute approximate surface area is 153 Å². The maximum absolute atomic E-state index is 14.0. The Morgan fingerprint density at radius 1 is 1.19 bits per heavy atom. The molecule has 4 nitrogen and oxygen atoms in total. The molecule has 1 aromatic carbocycles. The predicted octanol–water partition coefficient (Wildman–Crippen LogP) is 5.11. The number of nitrogens with one attached hydrogen (secondary N) is 1. The van der Waals surface area contributed by atoms with Crippen LogP contribution < -0.4 is 0 Å². The average molecular weight is 368 g/mol. The van der Waals surface area contributed by atoms with Gasteiger partial charge in [-0.25, -0.2) is 4.39 Å². The molecule has 6 heteroatoms. The number of aromatic nitrogens is 1. The molecule has 0 saturated heterocycles. The summed E-state index contributed by atoms with van der Waals surface area (Å²) in [6.45, 7) is 2.85. The van der Waals surface area contributed by atoms with Crippen LogP contribution in [0, 0.1) is 12.7 Å². The van der Waals surface area contributed by atoms with E-state index < -0.39 is 0 Å². The van der Waals surface area contributed by atoms with Gasteiger partial charge in [0.2, 0.25) is 0 Å². The third-order valence-electron chi connectivity index (χ3n) is 4.20. The highest BCUT2D eigenvalue weighted by Gasteiger charge is 2.21. The van der Waals surface area contributed by atoms with Crippen molar-refractivity contribution in [2.24, 2.45) is 0 Å². The molecule has 0 aliphatic carbocycles. The highest BCUT2D eigenvalue weighted by Crippen LogP contribution is 2.23. The molecule has 0 unspecified atom stereocenters. The fraction of sp³-hybridized carbons (Fsp3) is 0.150. The Morgan fingerprint density at radius 3 is 2.77 bits per heavy atom. The zero-order valence-corrected chi connectivity index (χ0v) is 15.0. The molecule has 0 fully saturated rings. The SMILES string of the molecule is Cc1ccc(CN(Cc2ccco2)C(=O)c2cc3c(F)cccc3[nH]2)s1. The molecule has 26 heavy (non-hydrogen) atoms. The molecule has 4 aromatic rings. The first-order valence-electron chi connectivity index (χ1n) is 8.24. The molecule has 0 aliphatic heterocycles. The van der Waals surface area contributed by atoms with E-state index in [-0.39, 0.29) is 11.7 Å². The molecule has 0 spiro atoms. The van der Waals surface area contributed by atoms with Gasteiger partial charge in [-0.15, -0.1) is 11.3 Å². The quantitative estimate of drug-likeness (QED) is 0.532. The fourth-order valence-corrected chi connectivity index (χ4v) is 3.86. The molecular weight excluding hydrogens is 351 g/mol. The first kappa shape index (κ1) is 16.6. The number of hydrogen-bond acceptors (Lipinski definition) is 3. The number of thiophene rings is 1. The number of benzene rings is 1. The first-order chi connectivity index (χ1) is 12.6. The van der Waals surface area contributed by atoms with Crippen molar-refractivity contribution in [2.45, 2.75) is 20.0 Å². The summed E-state index contributed by atoms with van der Waals surface area (Å²) >= 11 is 1.65. The molecule has 1 amide bonds. The van der Waals surface area contributed by atoms with Gasteiger partial charge in [-0.3, -0.25) is 4.79 Å². The molecule has 3 aromatic heterocycles. The van der Waals surface area contributed by atoms with E-state index in [1.165, 1.54) is 10.9 Å². The van der Waals surface area contributed by atoms with Crippen molar-refractivity contribution in [3.05, 3.63) is 81.8 Å². The lowest BCUT2D eigenvalue weighted by atomic mass is 10.2. The van der Waals surface area contributed by atoms with Crippen LogP contribution in [-0.4, -0.2) is 15.8 Å². The first-order valence-corrected chi connectivity index (χ1v) is 9.06. The monoisotopic (exact) mass is 368 g/mol. The largest absolute Gasteiger partial charge is 0.467 e. The summed E-state index contributed by atoms with van der Waals surface area (Å²) in [4.78, 5) is 20.1. The van der Waals surface area contributed by atoms with Crippen molar-refractivity contribution in [3.8, 4) is 0 Å². The molecule has 0 radical (unpaired) electrons. The zero-order chi connectivity index (χ0) is 18.1. The third-order valence-corrected chi connectivity index (χ3v) is 5.18. The van der Waals surface area contributed by atoms with Gasteiger partial charge >= 0.3 is 0 Å². The third kappa shape index (κ3) is 3.28. The summed E-state index contributed by atoms with van der Waals surface area (Å²) < 4.78 is 19.4. The van der Waals surface area contributed by atoms with Crippen LogP contribution in [0.15, 0.2) is 59.2 Å². The molecule has 1 N–H and O–H groups in total. The van der Waals surface area contributed by atoms with Gasteiger partial charge in [0.1, 0.15) is 17.3 Å². The van der Waals surface area contributed by atoms with Crippen molar-refractivity contribution >= 4 is 28.1 Å². The minimum atomic E-state index is -0.343. The van der Waals surface area contributed by atoms with Crippen LogP contribution in [0.5, 0.6) is 0 Å². The Balaban J connectivity index is 1.66. The highest BCUT2D eigenvalue weighted by molar-refractivity contribution is 7.11. The van der Waals surface area contributed by atoms with E-state index >= 15 is 0 Å². The Hall–Kier alpha value is -2.86. The number of H-pyrrole nitrogens is 1. The topological polar surface area (TPSA) is 49.2 Å². The summed E-state index contributed by atoms with van der Waals surface area (Å²) in [6.07, 6.45) is 1.59. The number of nitrogens with zero attached hydrogens (tertiary/aromatic N) is 1. The van der Waals surface area contributed by atoms with Crippen LogP contribution >= 0.6 is 11.3 Å². The predicted molar refractivity (Wildman–Crippen MR) is 99.6 cm³/mol. The minimum Gasteiger partial charge on any atom is -0.467 e. The molecular formula is C20H17FN2O2S. The van der Waals surface area contributed by atoms with Crippen molar-refractivity contribution in [1.29, 1.82) is 0 Å². The lowest BCUT2D eigenvalue weighted by molar-refractivity contribution is 0.0714. The summed E-state index contributed by atoms with van der Waals surface area (Å²) in [5, 5.41) is 0.417. The van der Waals surface area contributed by atoms with Crippen LogP contribution in [0.25, 0.3) is 10.9 Å². The number of aryl methyl sites for hydroxylation is 1. The lowest BCUT2D eigenvalue weighted by Gasteiger charge is -2.20. The normalized spacial score (nSPS) is 11.2. The van der Waals surface area contributed by atoms with Gasteiger partial charge in [0.15, 0.2) is 0 Å². The summed E-state index contributed by atoms with van der Waals surface area (Å²) in [6, 6.07) is 14.0. The van der Waals surface area contributed by atoms with E-state index in [1.807, 2.05) is 25.1 Å². The van der Waals surface area contributed by atoms with Crippen LogP contribution in [0.3, 0.4) is 0 Å². The second kappa shape index (κ2) is 6.80. The van der Waals surface area contributed by atoms with E-state index in [0.717, 1.165) is 4.88 Å². The van der Waals surface area contributed by atoms with Crippen LogP contribution in [0.4, 0.5) is 4.39 Å². The van der Waals surface area contributed by atoms with E-state index in [2.05, 4.69) is 4.98 Å². The Morgan fingerprint density at radius 2 is 2.08 bits per heavy atom. The van der Waals surface area contributed by atoms with Gasteiger partial charge in [-0.05, 0) is 49.4 Å². The van der Waals surface area contributed by atoms with E-state index in [9.17, 15) is 9.18 Å². The van der Waals surface area contributed by atoms with E-state index in [1.54, 1.807) is 46.8 Å². The summed E-state index contributed by atoms with van der Waals surface area (Å²) in [5.74, 6) is 0.168. The number of amides is 1. The average Bonchev–Trinajstić information content (AvgIpc) is 3.35. The molecule has 0 aliphatic rings. The van der Waals surface area contributed by atoms with Crippen molar-refractivity contribution < 1.29 is 13.6 Å². The molecule has 0 bridgehead atoms. The molecule has 132 valence electrons. The van der Waals surface area contributed by atoms with Gasteiger partial charge in [0, 0.05) is 20.7 Å². The van der Waals surface area contributed by atoms with Gasteiger partial charge in [-0.2, -0.15) is 0 Å². The maximum atomic E-state index is 14.0. The highest BCUT2D eigenvalue weighted by atomic mass is 32.1. The van der Waals surface area contributed by atoms with Crippen LogP contribution in [0.2, 0.25) is 0 Å².